The third-order valence-corrected chi connectivity index (χ3v) is 3.22. The molecular weight excluding hydrogens is 264 g/mol. The monoisotopic (exact) mass is 278 g/mol. The summed E-state index contributed by atoms with van der Waals surface area (Å²) in [5, 5.41) is 6.86. The van der Waals surface area contributed by atoms with E-state index in [1.165, 1.54) is 0 Å². The minimum atomic E-state index is -0.217. The van der Waals surface area contributed by atoms with E-state index in [1.807, 2.05) is 30.3 Å². The number of benzene rings is 1. The molecule has 0 saturated carbocycles. The topological polar surface area (TPSA) is 66.9 Å². The fourth-order valence-electron chi connectivity index (χ4n) is 2.19. The van der Waals surface area contributed by atoms with Gasteiger partial charge in [0, 0.05) is 36.7 Å². The standard InChI is InChI=1S/C16H14N4O/c1-17-13-7-9-18-10-12(13)16(21)20-14-6-2-4-11-5-3-8-19-15(11)14/h2-10H,1H3,(H,17,18)(H,20,21). The van der Waals surface area contributed by atoms with Crippen LogP contribution in [0.1, 0.15) is 10.4 Å². The quantitative estimate of drug-likeness (QED) is 0.773. The van der Waals surface area contributed by atoms with E-state index >= 15 is 0 Å². The molecule has 0 aliphatic rings. The average molecular weight is 278 g/mol. The lowest BCUT2D eigenvalue weighted by atomic mass is 10.1. The van der Waals surface area contributed by atoms with Gasteiger partial charge in [-0.1, -0.05) is 18.2 Å². The van der Waals surface area contributed by atoms with Gasteiger partial charge in [0.2, 0.25) is 0 Å². The van der Waals surface area contributed by atoms with Gasteiger partial charge in [-0.15, -0.1) is 0 Å². The van der Waals surface area contributed by atoms with Gasteiger partial charge in [0.05, 0.1) is 16.8 Å². The van der Waals surface area contributed by atoms with Crippen LogP contribution in [-0.2, 0) is 0 Å². The summed E-state index contributed by atoms with van der Waals surface area (Å²) in [5.41, 5.74) is 2.68. The van der Waals surface area contributed by atoms with E-state index in [-0.39, 0.29) is 5.91 Å². The largest absolute Gasteiger partial charge is 0.387 e. The van der Waals surface area contributed by atoms with Crippen molar-refractivity contribution in [1.82, 2.24) is 9.97 Å². The lowest BCUT2D eigenvalue weighted by Gasteiger charge is -2.10. The Labute approximate surface area is 122 Å². The molecule has 104 valence electrons. The summed E-state index contributed by atoms with van der Waals surface area (Å²) >= 11 is 0. The third-order valence-electron chi connectivity index (χ3n) is 3.22. The summed E-state index contributed by atoms with van der Waals surface area (Å²) in [6, 6.07) is 11.3. The third kappa shape index (κ3) is 2.53. The zero-order valence-electron chi connectivity index (χ0n) is 11.5. The molecule has 0 unspecified atom stereocenters. The minimum absolute atomic E-state index is 0.217. The molecule has 0 atom stereocenters. The first-order valence-corrected chi connectivity index (χ1v) is 6.56. The van der Waals surface area contributed by atoms with Crippen molar-refractivity contribution < 1.29 is 4.79 Å². The van der Waals surface area contributed by atoms with E-state index in [1.54, 1.807) is 31.7 Å². The van der Waals surface area contributed by atoms with E-state index in [0.29, 0.717) is 11.3 Å². The highest BCUT2D eigenvalue weighted by Gasteiger charge is 2.12. The molecule has 1 amide bonds. The molecule has 1 aromatic carbocycles. The van der Waals surface area contributed by atoms with Gasteiger partial charge < -0.3 is 10.6 Å². The predicted octanol–water partition coefficient (Wildman–Crippen LogP) is 2.92. The molecule has 0 bridgehead atoms. The summed E-state index contributed by atoms with van der Waals surface area (Å²) in [4.78, 5) is 20.7. The molecule has 0 aliphatic heterocycles. The maximum absolute atomic E-state index is 12.4. The Morgan fingerprint density at radius 3 is 2.76 bits per heavy atom. The molecule has 0 fully saturated rings. The number of amides is 1. The van der Waals surface area contributed by atoms with Crippen molar-refractivity contribution in [3.05, 3.63) is 60.6 Å². The van der Waals surface area contributed by atoms with Crippen LogP contribution < -0.4 is 10.6 Å². The van der Waals surface area contributed by atoms with Crippen LogP contribution in [0.15, 0.2) is 55.0 Å². The number of carbonyl (C=O) groups excluding carboxylic acids is 1. The second kappa shape index (κ2) is 5.58. The number of pyridine rings is 2. The van der Waals surface area contributed by atoms with Crippen molar-refractivity contribution in [3.63, 3.8) is 0 Å². The van der Waals surface area contributed by atoms with E-state index in [2.05, 4.69) is 20.6 Å². The number of rotatable bonds is 3. The van der Waals surface area contributed by atoms with Crippen LogP contribution in [0.4, 0.5) is 11.4 Å². The Balaban J connectivity index is 1.97. The second-order valence-electron chi connectivity index (χ2n) is 4.51. The molecule has 0 spiro atoms. The van der Waals surface area contributed by atoms with E-state index in [0.717, 1.165) is 16.6 Å². The van der Waals surface area contributed by atoms with Crippen LogP contribution >= 0.6 is 0 Å². The van der Waals surface area contributed by atoms with Gasteiger partial charge in [0.25, 0.3) is 5.91 Å². The number of nitrogens with zero attached hydrogens (tertiary/aromatic N) is 2. The molecule has 3 aromatic rings. The highest BCUT2D eigenvalue weighted by Crippen LogP contribution is 2.22. The van der Waals surface area contributed by atoms with Crippen molar-refractivity contribution in [3.8, 4) is 0 Å². The Hall–Kier alpha value is -2.95. The summed E-state index contributed by atoms with van der Waals surface area (Å²) in [6.07, 6.45) is 4.89. The van der Waals surface area contributed by atoms with Crippen LogP contribution in [0.5, 0.6) is 0 Å². The van der Waals surface area contributed by atoms with Crippen molar-refractivity contribution in [2.75, 3.05) is 17.7 Å². The van der Waals surface area contributed by atoms with Gasteiger partial charge in [-0.25, -0.2) is 0 Å². The van der Waals surface area contributed by atoms with Gasteiger partial charge in [-0.05, 0) is 18.2 Å². The number of nitrogens with one attached hydrogen (secondary N) is 2. The smallest absolute Gasteiger partial charge is 0.259 e. The Morgan fingerprint density at radius 2 is 1.90 bits per heavy atom. The van der Waals surface area contributed by atoms with Crippen LogP contribution in [0.2, 0.25) is 0 Å². The van der Waals surface area contributed by atoms with E-state index in [9.17, 15) is 4.79 Å². The van der Waals surface area contributed by atoms with Crippen molar-refractivity contribution in [2.45, 2.75) is 0 Å². The van der Waals surface area contributed by atoms with Crippen molar-refractivity contribution >= 4 is 28.2 Å². The van der Waals surface area contributed by atoms with Crippen LogP contribution in [-0.4, -0.2) is 22.9 Å². The second-order valence-corrected chi connectivity index (χ2v) is 4.51. The molecule has 0 saturated heterocycles. The lowest BCUT2D eigenvalue weighted by Crippen LogP contribution is -2.14. The van der Waals surface area contributed by atoms with Gasteiger partial charge in [0.15, 0.2) is 0 Å². The number of anilines is 2. The molecular formula is C16H14N4O. The highest BCUT2D eigenvalue weighted by atomic mass is 16.1. The average Bonchev–Trinajstić information content (AvgIpc) is 2.55. The fourth-order valence-corrected chi connectivity index (χ4v) is 2.19. The van der Waals surface area contributed by atoms with E-state index in [4.69, 9.17) is 0 Å². The molecule has 21 heavy (non-hydrogen) atoms. The maximum Gasteiger partial charge on any atom is 0.259 e. The normalized spacial score (nSPS) is 10.3. The number of para-hydroxylation sites is 1. The molecule has 5 nitrogen and oxygen atoms in total. The van der Waals surface area contributed by atoms with Gasteiger partial charge >= 0.3 is 0 Å². The van der Waals surface area contributed by atoms with Crippen LogP contribution in [0, 0.1) is 0 Å². The van der Waals surface area contributed by atoms with Crippen molar-refractivity contribution in [1.29, 1.82) is 0 Å². The number of carbonyl (C=O) groups is 1. The van der Waals surface area contributed by atoms with Gasteiger partial charge in [0.1, 0.15) is 0 Å². The molecule has 2 aromatic heterocycles. The fraction of sp³-hybridized carbons (Fsp3) is 0.0625. The summed E-state index contributed by atoms with van der Waals surface area (Å²) in [6.45, 7) is 0. The van der Waals surface area contributed by atoms with E-state index < -0.39 is 0 Å². The SMILES string of the molecule is CNc1ccncc1C(=O)Nc1cccc2cccnc12. The number of hydrogen-bond acceptors (Lipinski definition) is 4. The number of aromatic nitrogens is 2. The molecule has 2 heterocycles. The first-order valence-electron chi connectivity index (χ1n) is 6.56. The Bertz CT molecular complexity index is 796. The summed E-state index contributed by atoms with van der Waals surface area (Å²) < 4.78 is 0. The first kappa shape index (κ1) is 13.1. The zero-order chi connectivity index (χ0) is 14.7. The Morgan fingerprint density at radius 1 is 1.05 bits per heavy atom. The summed E-state index contributed by atoms with van der Waals surface area (Å²) in [5.74, 6) is -0.217. The van der Waals surface area contributed by atoms with Gasteiger partial charge in [-0.3, -0.25) is 14.8 Å². The predicted molar refractivity (Wildman–Crippen MR) is 83.5 cm³/mol. The molecule has 2 N–H and O–H groups in total. The van der Waals surface area contributed by atoms with Crippen LogP contribution in [0.25, 0.3) is 10.9 Å². The van der Waals surface area contributed by atoms with Crippen LogP contribution in [0.3, 0.4) is 0 Å². The molecule has 0 radical (unpaired) electrons. The zero-order valence-corrected chi connectivity index (χ0v) is 11.5. The number of fused-ring (bicyclic) bond motifs is 1. The highest BCUT2D eigenvalue weighted by molar-refractivity contribution is 6.10. The van der Waals surface area contributed by atoms with Crippen molar-refractivity contribution in [2.24, 2.45) is 0 Å². The molecule has 0 aliphatic carbocycles. The molecule has 5 heteroatoms. The summed E-state index contributed by atoms with van der Waals surface area (Å²) in [7, 11) is 1.77. The Kier molecular flexibility index (Phi) is 3.47. The molecule has 3 rings (SSSR count). The lowest BCUT2D eigenvalue weighted by molar-refractivity contribution is 0.102. The maximum atomic E-state index is 12.4. The number of hydrogen-bond donors (Lipinski definition) is 2. The minimum Gasteiger partial charge on any atom is -0.387 e. The van der Waals surface area contributed by atoms with Gasteiger partial charge in [-0.2, -0.15) is 0 Å². The first-order chi connectivity index (χ1) is 10.3.